The van der Waals surface area contributed by atoms with E-state index in [1.54, 1.807) is 13.3 Å². The number of nitrogens with one attached hydrogen (secondary N) is 2. The summed E-state index contributed by atoms with van der Waals surface area (Å²) in [7, 11) is 1.61. The molecule has 3 aliphatic rings. The van der Waals surface area contributed by atoms with Gasteiger partial charge < -0.3 is 25.4 Å². The number of aliphatic hydroxyl groups is 1. The smallest absolute Gasteiger partial charge is 0.229 e. The molecular weight excluding hydrogens is 452 g/mol. The minimum atomic E-state index is -0.166. The zero-order valence-corrected chi connectivity index (χ0v) is 21.7. The lowest BCUT2D eigenvalue weighted by Gasteiger charge is -2.36. The number of pyridine rings is 1. The second-order valence-electron chi connectivity index (χ2n) is 10.9. The molecule has 0 aromatic carbocycles. The number of ether oxygens (including phenoxy) is 1. The standard InChI is InChI=1S/C28H42N6O2/c1-36-26-17-23(11-14-29-26)32-28-30-18-25(27(33-28)31-22-7-9-24(35)10-8-22)21-12-15-34(16-13-21)19-20-5-3-2-4-6-20/h11,14,17-18,20-22,24,35H,2-10,12-13,15-16,19H2,1H3,(H2,29,30,31,32,33). The van der Waals surface area contributed by atoms with Crippen molar-refractivity contribution in [2.75, 3.05) is 37.4 Å². The van der Waals surface area contributed by atoms with Gasteiger partial charge in [-0.1, -0.05) is 19.3 Å². The molecule has 0 bridgehead atoms. The lowest BCUT2D eigenvalue weighted by Crippen LogP contribution is -2.37. The van der Waals surface area contributed by atoms with Gasteiger partial charge in [0, 0.05) is 42.3 Å². The van der Waals surface area contributed by atoms with E-state index in [0.717, 1.165) is 69.0 Å². The van der Waals surface area contributed by atoms with E-state index in [1.807, 2.05) is 18.3 Å². The Balaban J connectivity index is 1.28. The maximum Gasteiger partial charge on any atom is 0.229 e. The number of anilines is 3. The lowest BCUT2D eigenvalue weighted by molar-refractivity contribution is 0.126. The molecule has 1 saturated heterocycles. The number of nitrogens with zero attached hydrogens (tertiary/aromatic N) is 4. The highest BCUT2D eigenvalue weighted by atomic mass is 16.5. The molecule has 2 aromatic rings. The van der Waals surface area contributed by atoms with E-state index in [-0.39, 0.29) is 6.10 Å². The minimum absolute atomic E-state index is 0.166. The topological polar surface area (TPSA) is 95.4 Å². The molecule has 0 atom stereocenters. The molecule has 36 heavy (non-hydrogen) atoms. The summed E-state index contributed by atoms with van der Waals surface area (Å²) in [5, 5.41) is 17.0. The molecule has 0 amide bonds. The van der Waals surface area contributed by atoms with Crippen LogP contribution in [-0.2, 0) is 0 Å². The first-order valence-electron chi connectivity index (χ1n) is 14.0. The highest BCUT2D eigenvalue weighted by Crippen LogP contribution is 2.35. The van der Waals surface area contributed by atoms with E-state index in [9.17, 15) is 5.11 Å². The summed E-state index contributed by atoms with van der Waals surface area (Å²) in [6, 6.07) is 4.06. The fourth-order valence-electron chi connectivity index (χ4n) is 6.17. The molecule has 3 N–H and O–H groups in total. The molecule has 2 aliphatic carbocycles. The SMILES string of the molecule is COc1cc(Nc2ncc(C3CCN(CC4CCCCC4)CC3)c(NC3CCC(O)CC3)n2)ccn1. The lowest BCUT2D eigenvalue weighted by atomic mass is 9.86. The maximum atomic E-state index is 9.96. The number of rotatable bonds is 8. The molecule has 8 nitrogen and oxygen atoms in total. The van der Waals surface area contributed by atoms with Gasteiger partial charge in [-0.05, 0) is 82.4 Å². The van der Waals surface area contributed by atoms with E-state index < -0.39 is 0 Å². The van der Waals surface area contributed by atoms with Gasteiger partial charge in [-0.2, -0.15) is 4.98 Å². The van der Waals surface area contributed by atoms with Crippen LogP contribution in [0.2, 0.25) is 0 Å². The molecule has 0 radical (unpaired) electrons. The van der Waals surface area contributed by atoms with Crippen molar-refractivity contribution >= 4 is 17.5 Å². The van der Waals surface area contributed by atoms with Crippen molar-refractivity contribution < 1.29 is 9.84 Å². The average molecular weight is 495 g/mol. The van der Waals surface area contributed by atoms with Crippen molar-refractivity contribution in [2.24, 2.45) is 5.92 Å². The molecule has 2 aromatic heterocycles. The van der Waals surface area contributed by atoms with E-state index in [2.05, 4.69) is 20.5 Å². The average Bonchev–Trinajstić information content (AvgIpc) is 2.91. The van der Waals surface area contributed by atoms with E-state index in [4.69, 9.17) is 14.7 Å². The van der Waals surface area contributed by atoms with Gasteiger partial charge in [-0.3, -0.25) is 0 Å². The predicted octanol–water partition coefficient (Wildman–Crippen LogP) is 5.10. The van der Waals surface area contributed by atoms with Gasteiger partial charge in [0.25, 0.3) is 0 Å². The quantitative estimate of drug-likeness (QED) is 0.467. The molecule has 3 heterocycles. The van der Waals surface area contributed by atoms with Crippen molar-refractivity contribution in [3.63, 3.8) is 0 Å². The van der Waals surface area contributed by atoms with E-state index >= 15 is 0 Å². The zero-order chi connectivity index (χ0) is 24.7. The number of piperidine rings is 1. The van der Waals surface area contributed by atoms with Gasteiger partial charge >= 0.3 is 0 Å². The molecule has 5 rings (SSSR count). The van der Waals surface area contributed by atoms with Crippen LogP contribution in [0.5, 0.6) is 5.88 Å². The Kier molecular flexibility index (Phi) is 8.54. The summed E-state index contributed by atoms with van der Waals surface area (Å²) in [4.78, 5) is 16.5. The van der Waals surface area contributed by atoms with Crippen molar-refractivity contribution in [1.82, 2.24) is 19.9 Å². The Morgan fingerprint density at radius 1 is 1.00 bits per heavy atom. The van der Waals surface area contributed by atoms with Crippen LogP contribution in [0.3, 0.4) is 0 Å². The van der Waals surface area contributed by atoms with Gasteiger partial charge in [-0.25, -0.2) is 9.97 Å². The van der Waals surface area contributed by atoms with Crippen LogP contribution < -0.4 is 15.4 Å². The van der Waals surface area contributed by atoms with Crippen molar-refractivity contribution in [2.45, 2.75) is 88.7 Å². The van der Waals surface area contributed by atoms with Gasteiger partial charge in [0.15, 0.2) is 0 Å². The third-order valence-corrected chi connectivity index (χ3v) is 8.32. The predicted molar refractivity (Wildman–Crippen MR) is 143 cm³/mol. The normalized spacial score (nSPS) is 24.4. The summed E-state index contributed by atoms with van der Waals surface area (Å²) in [5.41, 5.74) is 2.08. The van der Waals surface area contributed by atoms with Crippen molar-refractivity contribution in [3.8, 4) is 5.88 Å². The fraction of sp³-hybridized carbons (Fsp3) is 0.679. The first-order valence-corrected chi connectivity index (χ1v) is 14.0. The van der Waals surface area contributed by atoms with Crippen LogP contribution in [0.1, 0.15) is 82.1 Å². The van der Waals surface area contributed by atoms with Gasteiger partial charge in [0.05, 0.1) is 13.2 Å². The molecule has 2 saturated carbocycles. The molecule has 1 aliphatic heterocycles. The highest BCUT2D eigenvalue weighted by molar-refractivity contribution is 5.57. The second kappa shape index (κ2) is 12.2. The minimum Gasteiger partial charge on any atom is -0.481 e. The van der Waals surface area contributed by atoms with Gasteiger partial charge in [-0.15, -0.1) is 0 Å². The Bertz CT molecular complexity index is 966. The fourth-order valence-corrected chi connectivity index (χ4v) is 6.17. The van der Waals surface area contributed by atoms with Crippen LogP contribution in [0.15, 0.2) is 24.5 Å². The van der Waals surface area contributed by atoms with Crippen LogP contribution in [0.25, 0.3) is 0 Å². The second-order valence-corrected chi connectivity index (χ2v) is 10.9. The Labute approximate surface area is 215 Å². The van der Waals surface area contributed by atoms with Crippen molar-refractivity contribution in [3.05, 3.63) is 30.1 Å². The van der Waals surface area contributed by atoms with Crippen LogP contribution in [0.4, 0.5) is 17.5 Å². The van der Waals surface area contributed by atoms with Crippen molar-refractivity contribution in [1.29, 1.82) is 0 Å². The summed E-state index contributed by atoms with van der Waals surface area (Å²) < 4.78 is 5.25. The van der Waals surface area contributed by atoms with E-state index in [1.165, 1.54) is 44.2 Å². The summed E-state index contributed by atoms with van der Waals surface area (Å²) in [6.45, 7) is 3.59. The Morgan fingerprint density at radius 3 is 2.53 bits per heavy atom. The Hall–Kier alpha value is -2.45. The highest BCUT2D eigenvalue weighted by Gasteiger charge is 2.27. The number of hydrogen-bond acceptors (Lipinski definition) is 8. The summed E-state index contributed by atoms with van der Waals surface area (Å²) >= 11 is 0. The largest absolute Gasteiger partial charge is 0.481 e. The van der Waals surface area contributed by atoms with Gasteiger partial charge in [0.2, 0.25) is 11.8 Å². The maximum absolute atomic E-state index is 9.96. The number of likely N-dealkylation sites (tertiary alicyclic amines) is 1. The molecule has 0 spiro atoms. The molecule has 196 valence electrons. The monoisotopic (exact) mass is 494 g/mol. The molecule has 0 unspecified atom stereocenters. The third-order valence-electron chi connectivity index (χ3n) is 8.32. The molecule has 8 heteroatoms. The van der Waals surface area contributed by atoms with Crippen LogP contribution >= 0.6 is 0 Å². The van der Waals surface area contributed by atoms with E-state index in [0.29, 0.717) is 23.8 Å². The summed E-state index contributed by atoms with van der Waals surface area (Å²) in [5.74, 6) is 3.44. The number of aliphatic hydroxyl groups excluding tert-OH is 1. The van der Waals surface area contributed by atoms with Gasteiger partial charge in [0.1, 0.15) is 5.82 Å². The number of hydrogen-bond donors (Lipinski definition) is 3. The third kappa shape index (κ3) is 6.65. The number of methoxy groups -OCH3 is 1. The molecule has 3 fully saturated rings. The number of aromatic nitrogens is 3. The first kappa shape index (κ1) is 25.2. The molecular formula is C28H42N6O2. The zero-order valence-electron chi connectivity index (χ0n) is 21.7. The first-order chi connectivity index (χ1) is 17.7. The summed E-state index contributed by atoms with van der Waals surface area (Å²) in [6.07, 6.45) is 16.6. The van der Waals surface area contributed by atoms with Crippen LogP contribution in [0, 0.1) is 5.92 Å². The Morgan fingerprint density at radius 2 is 1.78 bits per heavy atom. The van der Waals surface area contributed by atoms with Crippen LogP contribution in [-0.4, -0.2) is 63.8 Å².